The molecule has 1 atom stereocenters. The highest BCUT2D eigenvalue weighted by Crippen LogP contribution is 2.35. The van der Waals surface area contributed by atoms with Crippen molar-refractivity contribution < 1.29 is 0 Å². The second-order valence-corrected chi connectivity index (χ2v) is 4.55. The predicted octanol–water partition coefficient (Wildman–Crippen LogP) is 2.38. The molecule has 0 heterocycles. The van der Waals surface area contributed by atoms with Crippen LogP contribution in [0.25, 0.3) is 0 Å². The molecule has 0 saturated carbocycles. The van der Waals surface area contributed by atoms with E-state index in [1.54, 1.807) is 22.3 Å². The van der Waals surface area contributed by atoms with Gasteiger partial charge in [-0.05, 0) is 61.4 Å². The minimum absolute atomic E-state index is 0.621. The Labute approximate surface area is 85.5 Å². The highest BCUT2D eigenvalue weighted by molar-refractivity contribution is 5.44. The van der Waals surface area contributed by atoms with Gasteiger partial charge < -0.3 is 5.32 Å². The largest absolute Gasteiger partial charge is 0.313 e. The van der Waals surface area contributed by atoms with Gasteiger partial charge in [-0.3, -0.25) is 0 Å². The lowest BCUT2D eigenvalue weighted by molar-refractivity contribution is 0.590. The molecule has 0 amide bonds. The van der Waals surface area contributed by atoms with E-state index >= 15 is 0 Å². The Morgan fingerprint density at radius 3 is 2.64 bits per heavy atom. The third kappa shape index (κ3) is 1.12. The molecule has 0 aliphatic heterocycles. The maximum atomic E-state index is 3.41. The number of hydrogen-bond donors (Lipinski definition) is 1. The number of rotatable bonds is 1. The summed E-state index contributed by atoms with van der Waals surface area (Å²) < 4.78 is 0. The number of aryl methyl sites for hydroxylation is 3. The first kappa shape index (κ1) is 8.49. The molecule has 2 aliphatic carbocycles. The molecule has 14 heavy (non-hydrogen) atoms. The normalized spacial score (nSPS) is 23.6. The van der Waals surface area contributed by atoms with Crippen molar-refractivity contribution in [2.75, 3.05) is 7.05 Å². The lowest BCUT2D eigenvalue weighted by atomic mass is 10.0. The summed E-state index contributed by atoms with van der Waals surface area (Å²) in [6.07, 6.45) is 6.54. The minimum Gasteiger partial charge on any atom is -0.313 e. The molecule has 0 bridgehead atoms. The van der Waals surface area contributed by atoms with E-state index < -0.39 is 0 Å². The molecule has 0 radical (unpaired) electrons. The van der Waals surface area contributed by atoms with E-state index in [1.165, 1.54) is 32.1 Å². The van der Waals surface area contributed by atoms with Crippen molar-refractivity contribution >= 4 is 0 Å². The lowest BCUT2D eigenvalue weighted by Gasteiger charge is -2.11. The summed E-state index contributed by atoms with van der Waals surface area (Å²) in [6.45, 7) is 0. The van der Waals surface area contributed by atoms with Gasteiger partial charge in [0, 0.05) is 6.04 Å². The van der Waals surface area contributed by atoms with Crippen LogP contribution in [0.2, 0.25) is 0 Å². The van der Waals surface area contributed by atoms with Gasteiger partial charge in [-0.15, -0.1) is 0 Å². The first-order chi connectivity index (χ1) is 6.88. The van der Waals surface area contributed by atoms with Gasteiger partial charge in [0.05, 0.1) is 0 Å². The van der Waals surface area contributed by atoms with E-state index in [4.69, 9.17) is 0 Å². The van der Waals surface area contributed by atoms with Gasteiger partial charge in [0.25, 0.3) is 0 Å². The molecular weight excluding hydrogens is 170 g/mol. The fraction of sp³-hybridized carbons (Fsp3) is 0.538. The van der Waals surface area contributed by atoms with Crippen LogP contribution < -0.4 is 5.32 Å². The van der Waals surface area contributed by atoms with Crippen LogP contribution in [0.15, 0.2) is 12.1 Å². The average Bonchev–Trinajstić information content (AvgIpc) is 2.78. The Morgan fingerprint density at radius 1 is 1.07 bits per heavy atom. The molecule has 1 N–H and O–H groups in total. The zero-order valence-corrected chi connectivity index (χ0v) is 8.77. The summed E-state index contributed by atoms with van der Waals surface area (Å²) in [5, 5.41) is 3.41. The minimum atomic E-state index is 0.621. The topological polar surface area (TPSA) is 12.0 Å². The second-order valence-electron chi connectivity index (χ2n) is 4.55. The zero-order chi connectivity index (χ0) is 9.54. The summed E-state index contributed by atoms with van der Waals surface area (Å²) in [5.41, 5.74) is 6.42. The monoisotopic (exact) mass is 187 g/mol. The Kier molecular flexibility index (Phi) is 1.88. The number of nitrogens with one attached hydrogen (secondary N) is 1. The van der Waals surface area contributed by atoms with Crippen molar-refractivity contribution in [3.05, 3.63) is 34.4 Å². The smallest absolute Gasteiger partial charge is 0.0323 e. The molecular formula is C13H17N. The van der Waals surface area contributed by atoms with Crippen molar-refractivity contribution in [3.8, 4) is 0 Å². The number of benzene rings is 1. The van der Waals surface area contributed by atoms with Crippen LogP contribution in [0.4, 0.5) is 0 Å². The Morgan fingerprint density at radius 2 is 1.86 bits per heavy atom. The van der Waals surface area contributed by atoms with E-state index in [1.807, 2.05) is 0 Å². The third-order valence-electron chi connectivity index (χ3n) is 3.78. The highest BCUT2D eigenvalue weighted by atomic mass is 14.9. The molecule has 74 valence electrons. The maximum Gasteiger partial charge on any atom is 0.0323 e. The lowest BCUT2D eigenvalue weighted by Crippen LogP contribution is -2.12. The maximum absolute atomic E-state index is 3.41. The molecule has 1 heteroatoms. The van der Waals surface area contributed by atoms with E-state index in [0.717, 1.165) is 0 Å². The molecule has 1 unspecified atom stereocenters. The van der Waals surface area contributed by atoms with Crippen molar-refractivity contribution in [2.24, 2.45) is 0 Å². The third-order valence-corrected chi connectivity index (χ3v) is 3.78. The van der Waals surface area contributed by atoms with Gasteiger partial charge in [-0.25, -0.2) is 0 Å². The van der Waals surface area contributed by atoms with Crippen molar-refractivity contribution in [1.82, 2.24) is 5.32 Å². The number of fused-ring (bicyclic) bond motifs is 2. The SMILES string of the molecule is CNC1CCc2cc3c(cc21)CCC3. The van der Waals surface area contributed by atoms with Gasteiger partial charge in [-0.1, -0.05) is 12.1 Å². The van der Waals surface area contributed by atoms with Gasteiger partial charge in [0.1, 0.15) is 0 Å². The van der Waals surface area contributed by atoms with Crippen LogP contribution >= 0.6 is 0 Å². The molecule has 0 fully saturated rings. The van der Waals surface area contributed by atoms with Gasteiger partial charge >= 0.3 is 0 Å². The van der Waals surface area contributed by atoms with Crippen molar-refractivity contribution in [1.29, 1.82) is 0 Å². The molecule has 0 spiro atoms. The van der Waals surface area contributed by atoms with E-state index in [9.17, 15) is 0 Å². The Bertz CT molecular complexity index is 368. The molecule has 1 nitrogen and oxygen atoms in total. The second kappa shape index (κ2) is 3.09. The molecule has 3 rings (SSSR count). The van der Waals surface area contributed by atoms with Crippen LogP contribution in [0.1, 0.15) is 41.1 Å². The van der Waals surface area contributed by atoms with Crippen LogP contribution in [0.5, 0.6) is 0 Å². The first-order valence-corrected chi connectivity index (χ1v) is 5.70. The van der Waals surface area contributed by atoms with E-state index in [0.29, 0.717) is 6.04 Å². The molecule has 0 aromatic heterocycles. The predicted molar refractivity (Wildman–Crippen MR) is 58.6 cm³/mol. The average molecular weight is 187 g/mol. The van der Waals surface area contributed by atoms with E-state index in [2.05, 4.69) is 24.5 Å². The fourth-order valence-corrected chi connectivity index (χ4v) is 2.99. The van der Waals surface area contributed by atoms with Crippen LogP contribution in [-0.2, 0) is 19.3 Å². The molecule has 1 aromatic carbocycles. The first-order valence-electron chi connectivity index (χ1n) is 5.70. The summed E-state index contributed by atoms with van der Waals surface area (Å²) in [6, 6.07) is 5.55. The summed E-state index contributed by atoms with van der Waals surface area (Å²) in [7, 11) is 2.08. The summed E-state index contributed by atoms with van der Waals surface area (Å²) >= 11 is 0. The van der Waals surface area contributed by atoms with Gasteiger partial charge in [0.2, 0.25) is 0 Å². The summed E-state index contributed by atoms with van der Waals surface area (Å²) in [5.74, 6) is 0. The van der Waals surface area contributed by atoms with Crippen LogP contribution in [0.3, 0.4) is 0 Å². The fourth-order valence-electron chi connectivity index (χ4n) is 2.99. The highest BCUT2D eigenvalue weighted by Gasteiger charge is 2.23. The molecule has 2 aliphatic rings. The summed E-state index contributed by atoms with van der Waals surface area (Å²) in [4.78, 5) is 0. The van der Waals surface area contributed by atoms with Crippen LogP contribution in [0, 0.1) is 0 Å². The van der Waals surface area contributed by atoms with Crippen LogP contribution in [-0.4, -0.2) is 7.05 Å². The van der Waals surface area contributed by atoms with E-state index in [-0.39, 0.29) is 0 Å². The zero-order valence-electron chi connectivity index (χ0n) is 8.77. The van der Waals surface area contributed by atoms with Gasteiger partial charge in [-0.2, -0.15) is 0 Å². The Hall–Kier alpha value is -0.820. The number of hydrogen-bond acceptors (Lipinski definition) is 1. The molecule has 1 aromatic rings. The van der Waals surface area contributed by atoms with Crippen molar-refractivity contribution in [2.45, 2.75) is 38.1 Å². The van der Waals surface area contributed by atoms with Gasteiger partial charge in [0.15, 0.2) is 0 Å². The standard InChI is InChI=1S/C13H17N/c1-14-13-6-5-11-7-9-3-2-4-10(9)8-12(11)13/h7-8,13-14H,2-6H2,1H3. The Balaban J connectivity index is 2.09. The van der Waals surface area contributed by atoms with Crippen molar-refractivity contribution in [3.63, 3.8) is 0 Å². The quantitative estimate of drug-likeness (QED) is 0.711. The molecule has 0 saturated heterocycles.